The first-order valence-electron chi connectivity index (χ1n) is 6.04. The summed E-state index contributed by atoms with van der Waals surface area (Å²) < 4.78 is 0. The Kier molecular flexibility index (Phi) is 2.32. The fraction of sp³-hybridized carbons (Fsp3) is 0.667. The van der Waals surface area contributed by atoms with Gasteiger partial charge in [-0.15, -0.1) is 0 Å². The second kappa shape index (κ2) is 3.70. The number of rotatable bonds is 2. The molecule has 1 aliphatic carbocycles. The Morgan fingerprint density at radius 3 is 2.81 bits per heavy atom. The predicted molar refractivity (Wildman–Crippen MR) is 63.6 cm³/mol. The first-order chi connectivity index (χ1) is 7.78. The molecular formula is C12H18N4. The Morgan fingerprint density at radius 1 is 1.31 bits per heavy atom. The smallest absolute Gasteiger partial charge is 0.134 e. The lowest BCUT2D eigenvalue weighted by Crippen LogP contribution is -2.29. The lowest BCUT2D eigenvalue weighted by atomic mass is 10.1. The molecule has 0 aromatic carbocycles. The molecule has 1 aromatic heterocycles. The third kappa shape index (κ3) is 1.67. The average molecular weight is 218 g/mol. The number of nitrogens with one attached hydrogen (secondary N) is 1. The van der Waals surface area contributed by atoms with Gasteiger partial charge in [-0.25, -0.2) is 9.97 Å². The van der Waals surface area contributed by atoms with Gasteiger partial charge in [-0.05, 0) is 19.9 Å². The molecule has 2 heterocycles. The molecule has 1 N–H and O–H groups in total. The van der Waals surface area contributed by atoms with Gasteiger partial charge in [0.1, 0.15) is 11.6 Å². The standard InChI is InChI=1S/C12H18N4/c1-13-12-9-7-16(2)6-5-10(9)14-11(15-12)8-3-4-8/h8H,3-7H2,1-2H3,(H,13,14,15). The molecular weight excluding hydrogens is 200 g/mol. The van der Waals surface area contributed by atoms with Gasteiger partial charge in [-0.3, -0.25) is 0 Å². The van der Waals surface area contributed by atoms with Crippen molar-refractivity contribution < 1.29 is 0 Å². The van der Waals surface area contributed by atoms with E-state index < -0.39 is 0 Å². The minimum absolute atomic E-state index is 0.636. The molecule has 4 heteroatoms. The van der Waals surface area contributed by atoms with Crippen LogP contribution in [0.15, 0.2) is 0 Å². The van der Waals surface area contributed by atoms with Crippen LogP contribution in [-0.4, -0.2) is 35.5 Å². The predicted octanol–water partition coefficient (Wildman–Crippen LogP) is 1.38. The van der Waals surface area contributed by atoms with Crippen molar-refractivity contribution in [2.24, 2.45) is 0 Å². The van der Waals surface area contributed by atoms with Gasteiger partial charge in [-0.1, -0.05) is 0 Å². The summed E-state index contributed by atoms with van der Waals surface area (Å²) in [5.74, 6) is 2.74. The Morgan fingerprint density at radius 2 is 2.12 bits per heavy atom. The number of aromatic nitrogens is 2. The lowest BCUT2D eigenvalue weighted by molar-refractivity contribution is 0.309. The van der Waals surface area contributed by atoms with Crippen LogP contribution in [0.2, 0.25) is 0 Å². The maximum Gasteiger partial charge on any atom is 0.134 e. The Balaban J connectivity index is 2.03. The van der Waals surface area contributed by atoms with E-state index in [1.807, 2.05) is 7.05 Å². The topological polar surface area (TPSA) is 41.1 Å². The van der Waals surface area contributed by atoms with E-state index in [2.05, 4.69) is 22.2 Å². The van der Waals surface area contributed by atoms with Crippen LogP contribution < -0.4 is 5.32 Å². The molecule has 0 amide bonds. The van der Waals surface area contributed by atoms with E-state index in [4.69, 9.17) is 4.98 Å². The second-order valence-electron chi connectivity index (χ2n) is 4.87. The summed E-state index contributed by atoms with van der Waals surface area (Å²) in [5.41, 5.74) is 2.56. The van der Waals surface area contributed by atoms with Crippen molar-refractivity contribution in [3.63, 3.8) is 0 Å². The van der Waals surface area contributed by atoms with Crippen molar-refractivity contribution in [3.8, 4) is 0 Å². The van der Waals surface area contributed by atoms with E-state index in [1.165, 1.54) is 24.1 Å². The first kappa shape index (κ1) is 10.0. The molecule has 0 bridgehead atoms. The van der Waals surface area contributed by atoms with Crippen molar-refractivity contribution in [1.29, 1.82) is 0 Å². The molecule has 86 valence electrons. The van der Waals surface area contributed by atoms with Gasteiger partial charge in [0.2, 0.25) is 0 Å². The summed E-state index contributed by atoms with van der Waals surface area (Å²) in [6.07, 6.45) is 3.59. The zero-order chi connectivity index (χ0) is 11.1. The first-order valence-corrected chi connectivity index (χ1v) is 6.04. The van der Waals surface area contributed by atoms with E-state index in [9.17, 15) is 0 Å². The Hall–Kier alpha value is -1.16. The number of nitrogens with zero attached hydrogens (tertiary/aromatic N) is 3. The number of anilines is 1. The lowest BCUT2D eigenvalue weighted by Gasteiger charge is -2.26. The minimum Gasteiger partial charge on any atom is -0.373 e. The maximum absolute atomic E-state index is 4.74. The molecule has 1 saturated carbocycles. The fourth-order valence-electron chi connectivity index (χ4n) is 2.30. The molecule has 0 saturated heterocycles. The van der Waals surface area contributed by atoms with Crippen molar-refractivity contribution in [2.75, 3.05) is 26.0 Å². The van der Waals surface area contributed by atoms with Crippen LogP contribution in [0, 0.1) is 0 Å². The van der Waals surface area contributed by atoms with Crippen LogP contribution in [0.5, 0.6) is 0 Å². The van der Waals surface area contributed by atoms with Crippen LogP contribution >= 0.6 is 0 Å². The molecule has 0 atom stereocenters. The molecule has 2 aliphatic rings. The number of hydrogen-bond donors (Lipinski definition) is 1. The Labute approximate surface area is 96.1 Å². The van der Waals surface area contributed by atoms with E-state index in [0.29, 0.717) is 5.92 Å². The molecule has 0 unspecified atom stereocenters. The molecule has 1 fully saturated rings. The van der Waals surface area contributed by atoms with Crippen LogP contribution in [0.1, 0.15) is 35.8 Å². The van der Waals surface area contributed by atoms with Crippen LogP contribution in [0.4, 0.5) is 5.82 Å². The maximum atomic E-state index is 4.74. The van der Waals surface area contributed by atoms with Crippen LogP contribution in [0.3, 0.4) is 0 Å². The van der Waals surface area contributed by atoms with E-state index in [-0.39, 0.29) is 0 Å². The van der Waals surface area contributed by atoms with Gasteiger partial charge in [0.05, 0.1) is 5.69 Å². The molecule has 1 aromatic rings. The zero-order valence-electron chi connectivity index (χ0n) is 9.95. The van der Waals surface area contributed by atoms with Crippen molar-refractivity contribution in [2.45, 2.75) is 31.7 Å². The van der Waals surface area contributed by atoms with Gasteiger partial charge < -0.3 is 10.2 Å². The third-order valence-corrected chi connectivity index (χ3v) is 3.45. The summed E-state index contributed by atoms with van der Waals surface area (Å²) in [6, 6.07) is 0. The third-order valence-electron chi connectivity index (χ3n) is 3.45. The highest BCUT2D eigenvalue weighted by Crippen LogP contribution is 2.39. The zero-order valence-corrected chi connectivity index (χ0v) is 9.95. The number of hydrogen-bond acceptors (Lipinski definition) is 4. The average Bonchev–Trinajstić information content (AvgIpc) is 3.11. The summed E-state index contributed by atoms with van der Waals surface area (Å²) in [5, 5.41) is 3.22. The van der Waals surface area contributed by atoms with E-state index >= 15 is 0 Å². The molecule has 1 aliphatic heterocycles. The molecule has 0 spiro atoms. The monoisotopic (exact) mass is 218 g/mol. The molecule has 3 rings (SSSR count). The highest BCUT2D eigenvalue weighted by atomic mass is 15.1. The summed E-state index contributed by atoms with van der Waals surface area (Å²) in [7, 11) is 4.10. The molecule has 4 nitrogen and oxygen atoms in total. The van der Waals surface area contributed by atoms with Gasteiger partial charge in [0.15, 0.2) is 0 Å². The SMILES string of the molecule is CNc1nc(C2CC2)nc2c1CN(C)CC2. The summed E-state index contributed by atoms with van der Waals surface area (Å²) in [4.78, 5) is 11.7. The van der Waals surface area contributed by atoms with Crippen molar-refractivity contribution in [3.05, 3.63) is 17.1 Å². The van der Waals surface area contributed by atoms with E-state index in [1.54, 1.807) is 0 Å². The molecule has 16 heavy (non-hydrogen) atoms. The molecule has 0 radical (unpaired) electrons. The number of likely N-dealkylation sites (N-methyl/N-ethyl adjacent to an activating group) is 1. The van der Waals surface area contributed by atoms with Crippen molar-refractivity contribution >= 4 is 5.82 Å². The summed E-state index contributed by atoms with van der Waals surface area (Å²) >= 11 is 0. The Bertz CT molecular complexity index is 394. The highest BCUT2D eigenvalue weighted by molar-refractivity contribution is 5.47. The van der Waals surface area contributed by atoms with Crippen LogP contribution in [0.25, 0.3) is 0 Å². The quantitative estimate of drug-likeness (QED) is 0.814. The van der Waals surface area contributed by atoms with Crippen molar-refractivity contribution in [1.82, 2.24) is 14.9 Å². The second-order valence-corrected chi connectivity index (χ2v) is 4.87. The van der Waals surface area contributed by atoms with Gasteiger partial charge in [-0.2, -0.15) is 0 Å². The fourth-order valence-corrected chi connectivity index (χ4v) is 2.30. The van der Waals surface area contributed by atoms with E-state index in [0.717, 1.165) is 31.2 Å². The summed E-state index contributed by atoms with van der Waals surface area (Å²) in [6.45, 7) is 2.08. The normalized spacial score (nSPS) is 20.6. The van der Waals surface area contributed by atoms with Crippen LogP contribution in [-0.2, 0) is 13.0 Å². The minimum atomic E-state index is 0.636. The highest BCUT2D eigenvalue weighted by Gasteiger charge is 2.29. The number of fused-ring (bicyclic) bond motifs is 1. The largest absolute Gasteiger partial charge is 0.373 e. The van der Waals surface area contributed by atoms with Gasteiger partial charge in [0, 0.05) is 38.0 Å². The van der Waals surface area contributed by atoms with Gasteiger partial charge in [0.25, 0.3) is 0 Å². The van der Waals surface area contributed by atoms with Gasteiger partial charge >= 0.3 is 0 Å².